The number of carboxylic acid groups (broad SMARTS) is 1. The van der Waals surface area contributed by atoms with Gasteiger partial charge in [0.25, 0.3) is 0 Å². The van der Waals surface area contributed by atoms with E-state index in [0.29, 0.717) is 36.2 Å². The molecule has 0 aliphatic carbocycles. The fraction of sp³-hybridized carbons (Fsp3) is 0.176. The van der Waals surface area contributed by atoms with Gasteiger partial charge in [0, 0.05) is 11.1 Å². The topological polar surface area (TPSA) is 89.4 Å². The Morgan fingerprint density at radius 3 is 2.79 bits per heavy atom. The van der Waals surface area contributed by atoms with Crippen molar-refractivity contribution in [2.24, 2.45) is 5.10 Å². The SMILES string of the molecule is O=C(O)c1cccc(C2=NNC(c3ccc4c(c3)OCCO4)O2)c1. The number of hydrogen-bond donors (Lipinski definition) is 2. The molecule has 24 heavy (non-hydrogen) atoms. The van der Waals surface area contributed by atoms with Gasteiger partial charge in [-0.25, -0.2) is 4.79 Å². The predicted molar refractivity (Wildman–Crippen MR) is 84.3 cm³/mol. The Balaban J connectivity index is 1.54. The molecule has 0 spiro atoms. The third kappa shape index (κ3) is 2.60. The molecule has 0 radical (unpaired) electrons. The summed E-state index contributed by atoms with van der Waals surface area (Å²) in [5.41, 5.74) is 4.52. The van der Waals surface area contributed by atoms with E-state index < -0.39 is 12.2 Å². The summed E-state index contributed by atoms with van der Waals surface area (Å²) in [6, 6.07) is 12.0. The van der Waals surface area contributed by atoms with Gasteiger partial charge in [-0.3, -0.25) is 5.43 Å². The number of benzene rings is 2. The largest absolute Gasteiger partial charge is 0.486 e. The van der Waals surface area contributed by atoms with E-state index in [-0.39, 0.29) is 5.56 Å². The van der Waals surface area contributed by atoms with Crippen molar-refractivity contribution in [1.82, 2.24) is 5.43 Å². The van der Waals surface area contributed by atoms with Crippen LogP contribution in [0.15, 0.2) is 47.6 Å². The van der Waals surface area contributed by atoms with Gasteiger partial charge in [0.2, 0.25) is 12.1 Å². The molecule has 2 aliphatic rings. The average molecular weight is 326 g/mol. The van der Waals surface area contributed by atoms with E-state index in [9.17, 15) is 4.79 Å². The Bertz CT molecular complexity index is 833. The van der Waals surface area contributed by atoms with E-state index >= 15 is 0 Å². The highest BCUT2D eigenvalue weighted by atomic mass is 16.6. The van der Waals surface area contributed by atoms with Crippen LogP contribution in [0.5, 0.6) is 11.5 Å². The molecular formula is C17H14N2O5. The second kappa shape index (κ2) is 5.77. The van der Waals surface area contributed by atoms with Crippen molar-refractivity contribution in [3.63, 3.8) is 0 Å². The zero-order valence-electron chi connectivity index (χ0n) is 12.6. The molecule has 122 valence electrons. The molecule has 0 amide bonds. The Morgan fingerprint density at radius 2 is 1.96 bits per heavy atom. The van der Waals surface area contributed by atoms with Crippen molar-refractivity contribution in [1.29, 1.82) is 0 Å². The zero-order chi connectivity index (χ0) is 16.5. The van der Waals surface area contributed by atoms with Gasteiger partial charge in [0.15, 0.2) is 11.5 Å². The third-order valence-corrected chi connectivity index (χ3v) is 3.74. The van der Waals surface area contributed by atoms with Crippen LogP contribution in [0.3, 0.4) is 0 Å². The summed E-state index contributed by atoms with van der Waals surface area (Å²) in [5, 5.41) is 13.2. The van der Waals surface area contributed by atoms with Crippen LogP contribution >= 0.6 is 0 Å². The first-order valence-corrected chi connectivity index (χ1v) is 7.44. The minimum Gasteiger partial charge on any atom is -0.486 e. The number of aromatic carboxylic acids is 1. The molecular weight excluding hydrogens is 312 g/mol. The molecule has 4 rings (SSSR count). The third-order valence-electron chi connectivity index (χ3n) is 3.74. The Labute approximate surface area is 137 Å². The van der Waals surface area contributed by atoms with E-state index in [1.807, 2.05) is 18.2 Å². The zero-order valence-corrected chi connectivity index (χ0v) is 12.6. The highest BCUT2D eigenvalue weighted by molar-refractivity contribution is 5.97. The van der Waals surface area contributed by atoms with Crippen LogP contribution in [-0.2, 0) is 4.74 Å². The number of rotatable bonds is 3. The lowest BCUT2D eigenvalue weighted by Gasteiger charge is -2.20. The van der Waals surface area contributed by atoms with Crippen molar-refractivity contribution in [3.05, 3.63) is 59.2 Å². The number of carboxylic acids is 1. The molecule has 2 N–H and O–H groups in total. The molecule has 7 heteroatoms. The molecule has 7 nitrogen and oxygen atoms in total. The molecule has 0 aromatic heterocycles. The predicted octanol–water partition coefficient (Wildman–Crippen LogP) is 2.14. The minimum atomic E-state index is -0.994. The standard InChI is InChI=1S/C17H14N2O5/c20-17(21)12-3-1-2-10(8-12)15-18-19-16(24-15)11-4-5-13-14(9-11)23-7-6-22-13/h1-5,8-9,16,19H,6-7H2,(H,20,21). The van der Waals surface area contributed by atoms with Gasteiger partial charge in [0.05, 0.1) is 5.56 Å². The molecule has 2 aromatic carbocycles. The Kier molecular flexibility index (Phi) is 3.45. The highest BCUT2D eigenvalue weighted by Gasteiger charge is 2.24. The van der Waals surface area contributed by atoms with E-state index in [4.69, 9.17) is 19.3 Å². The van der Waals surface area contributed by atoms with Crippen LogP contribution in [-0.4, -0.2) is 30.2 Å². The lowest BCUT2D eigenvalue weighted by molar-refractivity contribution is 0.0697. The van der Waals surface area contributed by atoms with Crippen molar-refractivity contribution < 1.29 is 24.1 Å². The molecule has 2 heterocycles. The van der Waals surface area contributed by atoms with Gasteiger partial charge in [-0.1, -0.05) is 6.07 Å². The van der Waals surface area contributed by atoms with E-state index in [1.165, 1.54) is 12.1 Å². The number of nitrogens with one attached hydrogen (secondary N) is 1. The first kappa shape index (κ1) is 14.4. The summed E-state index contributed by atoms with van der Waals surface area (Å²) in [6.45, 7) is 1.05. The minimum absolute atomic E-state index is 0.182. The summed E-state index contributed by atoms with van der Waals surface area (Å²) < 4.78 is 16.9. The summed E-state index contributed by atoms with van der Waals surface area (Å²) in [6.07, 6.45) is -0.468. The van der Waals surface area contributed by atoms with E-state index in [1.54, 1.807) is 12.1 Å². The summed E-state index contributed by atoms with van der Waals surface area (Å²) in [5.74, 6) is 0.730. The second-order valence-corrected chi connectivity index (χ2v) is 5.33. The van der Waals surface area contributed by atoms with E-state index in [2.05, 4.69) is 10.5 Å². The molecule has 0 saturated heterocycles. The molecule has 2 aliphatic heterocycles. The summed E-state index contributed by atoms with van der Waals surface area (Å²) in [4.78, 5) is 11.1. The van der Waals surface area contributed by atoms with Crippen molar-refractivity contribution >= 4 is 11.9 Å². The van der Waals surface area contributed by atoms with Crippen molar-refractivity contribution in [3.8, 4) is 11.5 Å². The smallest absolute Gasteiger partial charge is 0.335 e. The van der Waals surface area contributed by atoms with Crippen molar-refractivity contribution in [2.45, 2.75) is 6.23 Å². The molecule has 0 saturated carbocycles. The molecule has 1 unspecified atom stereocenters. The molecule has 0 bridgehead atoms. The first-order chi connectivity index (χ1) is 11.7. The summed E-state index contributed by atoms with van der Waals surface area (Å²) in [7, 11) is 0. The van der Waals surface area contributed by atoms with Gasteiger partial charge in [0.1, 0.15) is 13.2 Å². The molecule has 1 atom stereocenters. The lowest BCUT2D eigenvalue weighted by Crippen LogP contribution is -2.17. The normalized spacial score (nSPS) is 18.3. The quantitative estimate of drug-likeness (QED) is 0.898. The number of hydrogen-bond acceptors (Lipinski definition) is 6. The van der Waals surface area contributed by atoms with Gasteiger partial charge in [-0.05, 0) is 36.4 Å². The first-order valence-electron chi connectivity index (χ1n) is 7.44. The number of nitrogens with zero attached hydrogens (tertiary/aromatic N) is 1. The second-order valence-electron chi connectivity index (χ2n) is 5.33. The van der Waals surface area contributed by atoms with Crippen molar-refractivity contribution in [2.75, 3.05) is 13.2 Å². The Hall–Kier alpha value is -3.22. The van der Waals surface area contributed by atoms with Crippen LogP contribution < -0.4 is 14.9 Å². The fourth-order valence-electron chi connectivity index (χ4n) is 2.57. The Morgan fingerprint density at radius 1 is 1.12 bits per heavy atom. The number of carbonyl (C=O) groups is 1. The molecule has 2 aromatic rings. The van der Waals surface area contributed by atoms with Crippen LogP contribution in [0.4, 0.5) is 0 Å². The van der Waals surface area contributed by atoms with Crippen LogP contribution in [0, 0.1) is 0 Å². The molecule has 0 fully saturated rings. The maximum atomic E-state index is 11.1. The van der Waals surface area contributed by atoms with Gasteiger partial charge in [-0.15, -0.1) is 5.10 Å². The highest BCUT2D eigenvalue weighted by Crippen LogP contribution is 2.34. The van der Waals surface area contributed by atoms with Crippen LogP contribution in [0.1, 0.15) is 27.7 Å². The van der Waals surface area contributed by atoms with E-state index in [0.717, 1.165) is 5.56 Å². The van der Waals surface area contributed by atoms with Gasteiger partial charge >= 0.3 is 5.97 Å². The summed E-state index contributed by atoms with van der Waals surface area (Å²) >= 11 is 0. The number of ether oxygens (including phenoxy) is 3. The number of fused-ring (bicyclic) bond motifs is 1. The monoisotopic (exact) mass is 326 g/mol. The van der Waals surface area contributed by atoms with Gasteiger partial charge in [-0.2, -0.15) is 0 Å². The maximum absolute atomic E-state index is 11.1. The maximum Gasteiger partial charge on any atom is 0.335 e. The van der Waals surface area contributed by atoms with Crippen LogP contribution in [0.25, 0.3) is 0 Å². The fourth-order valence-corrected chi connectivity index (χ4v) is 2.57. The van der Waals surface area contributed by atoms with Crippen LogP contribution in [0.2, 0.25) is 0 Å². The lowest BCUT2D eigenvalue weighted by atomic mass is 10.1. The number of hydrazone groups is 1. The van der Waals surface area contributed by atoms with Gasteiger partial charge < -0.3 is 19.3 Å². The average Bonchev–Trinajstić information content (AvgIpc) is 3.11.